The Kier molecular flexibility index (Phi) is 5.20. The largest absolute Gasteiger partial charge is 0.508 e. The molecule has 0 bridgehead atoms. The monoisotopic (exact) mass is 318 g/mol. The van der Waals surface area contributed by atoms with Crippen LogP contribution in [0.5, 0.6) is 5.75 Å². The number of aryl methyl sites for hydroxylation is 2. The number of hydrogen-bond donors (Lipinski definition) is 1. The molecule has 0 aliphatic rings. The zero-order valence-electron chi connectivity index (χ0n) is 14.6. The Labute approximate surface area is 145 Å². The lowest BCUT2D eigenvalue weighted by Crippen LogP contribution is -2.01. The van der Waals surface area contributed by atoms with Crippen LogP contribution in [-0.2, 0) is 12.8 Å². The first-order valence-electron chi connectivity index (χ1n) is 8.88. The van der Waals surface area contributed by atoms with Crippen LogP contribution < -0.4 is 0 Å². The molecular weight excluding hydrogens is 292 g/mol. The fraction of sp³-hybridized carbons (Fsp3) is 0.304. The quantitative estimate of drug-likeness (QED) is 0.586. The van der Waals surface area contributed by atoms with Crippen LogP contribution in [-0.4, -0.2) is 5.11 Å². The van der Waals surface area contributed by atoms with Crippen molar-refractivity contribution in [1.82, 2.24) is 0 Å². The maximum atomic E-state index is 9.34. The fourth-order valence-corrected chi connectivity index (χ4v) is 3.50. The van der Waals surface area contributed by atoms with Gasteiger partial charge in [0.1, 0.15) is 5.75 Å². The van der Waals surface area contributed by atoms with Crippen LogP contribution in [0.1, 0.15) is 36.5 Å². The average molecular weight is 318 g/mol. The van der Waals surface area contributed by atoms with E-state index >= 15 is 0 Å². The summed E-state index contributed by atoms with van der Waals surface area (Å²) in [5.41, 5.74) is 4.13. The number of phenols is 1. The summed E-state index contributed by atoms with van der Waals surface area (Å²) in [5.74, 6) is 1.02. The van der Waals surface area contributed by atoms with Crippen molar-refractivity contribution in [3.63, 3.8) is 0 Å². The van der Waals surface area contributed by atoms with E-state index in [4.69, 9.17) is 0 Å². The van der Waals surface area contributed by atoms with Crippen molar-refractivity contribution in [2.45, 2.75) is 39.5 Å². The molecule has 124 valence electrons. The first kappa shape index (κ1) is 16.6. The molecule has 1 nitrogen and oxygen atoms in total. The molecule has 1 N–H and O–H groups in total. The van der Waals surface area contributed by atoms with Crippen LogP contribution in [0, 0.1) is 12.8 Å². The SMILES string of the molecule is Cc1cccc2c(CC(C)CCCc3ccc(O)cc3)cccc12. The van der Waals surface area contributed by atoms with Crippen molar-refractivity contribution in [3.8, 4) is 5.75 Å². The minimum atomic E-state index is 0.346. The van der Waals surface area contributed by atoms with E-state index in [1.54, 1.807) is 12.1 Å². The lowest BCUT2D eigenvalue weighted by Gasteiger charge is -2.14. The second-order valence-electron chi connectivity index (χ2n) is 6.96. The summed E-state index contributed by atoms with van der Waals surface area (Å²) in [7, 11) is 0. The van der Waals surface area contributed by atoms with Crippen molar-refractivity contribution in [2.24, 2.45) is 5.92 Å². The lowest BCUT2D eigenvalue weighted by atomic mass is 9.91. The summed E-state index contributed by atoms with van der Waals surface area (Å²) in [4.78, 5) is 0. The molecule has 0 heterocycles. The number of phenolic OH excluding ortho intramolecular Hbond substituents is 1. The maximum absolute atomic E-state index is 9.34. The minimum absolute atomic E-state index is 0.346. The standard InChI is InChI=1S/C23H26O/c1-17(6-3-8-19-12-14-21(24)15-13-19)16-20-9-5-10-22-18(2)7-4-11-23(20)22/h4-5,7,9-15,17,24H,3,6,8,16H2,1-2H3. The third kappa shape index (κ3) is 3.97. The van der Waals surface area contributed by atoms with Gasteiger partial charge in [-0.1, -0.05) is 61.9 Å². The number of hydrogen-bond acceptors (Lipinski definition) is 1. The summed E-state index contributed by atoms with van der Waals surface area (Å²) in [6, 6.07) is 20.9. The molecule has 24 heavy (non-hydrogen) atoms. The fourth-order valence-electron chi connectivity index (χ4n) is 3.50. The molecule has 3 rings (SSSR count). The van der Waals surface area contributed by atoms with Crippen molar-refractivity contribution in [1.29, 1.82) is 0 Å². The van der Waals surface area contributed by atoms with Crippen LogP contribution in [0.15, 0.2) is 60.7 Å². The first-order chi connectivity index (χ1) is 11.6. The molecule has 3 aromatic carbocycles. The Balaban J connectivity index is 1.60. The van der Waals surface area contributed by atoms with E-state index in [2.05, 4.69) is 50.2 Å². The van der Waals surface area contributed by atoms with Crippen molar-refractivity contribution < 1.29 is 5.11 Å². The summed E-state index contributed by atoms with van der Waals surface area (Å²) >= 11 is 0. The average Bonchev–Trinajstić information content (AvgIpc) is 2.58. The Morgan fingerprint density at radius 1 is 0.875 bits per heavy atom. The highest BCUT2D eigenvalue weighted by atomic mass is 16.3. The smallest absolute Gasteiger partial charge is 0.115 e. The molecule has 1 atom stereocenters. The van der Waals surface area contributed by atoms with E-state index in [1.807, 2.05) is 12.1 Å². The molecule has 3 aromatic rings. The number of rotatable bonds is 6. The molecule has 0 amide bonds. The van der Waals surface area contributed by atoms with Crippen LogP contribution in [0.25, 0.3) is 10.8 Å². The van der Waals surface area contributed by atoms with Gasteiger partial charge in [0.25, 0.3) is 0 Å². The van der Waals surface area contributed by atoms with Gasteiger partial charge < -0.3 is 5.11 Å². The van der Waals surface area contributed by atoms with Gasteiger partial charge in [-0.15, -0.1) is 0 Å². The van der Waals surface area contributed by atoms with Crippen LogP contribution >= 0.6 is 0 Å². The predicted molar refractivity (Wildman–Crippen MR) is 103 cm³/mol. The summed E-state index contributed by atoms with van der Waals surface area (Å²) in [6.07, 6.45) is 4.63. The van der Waals surface area contributed by atoms with Gasteiger partial charge in [-0.25, -0.2) is 0 Å². The molecular formula is C23H26O. The Morgan fingerprint density at radius 2 is 1.58 bits per heavy atom. The van der Waals surface area contributed by atoms with Gasteiger partial charge in [-0.3, -0.25) is 0 Å². The van der Waals surface area contributed by atoms with E-state index in [9.17, 15) is 5.11 Å². The van der Waals surface area contributed by atoms with E-state index < -0.39 is 0 Å². The molecule has 0 aliphatic carbocycles. The third-order valence-electron chi connectivity index (χ3n) is 4.90. The highest BCUT2D eigenvalue weighted by Gasteiger charge is 2.08. The molecule has 0 aromatic heterocycles. The second-order valence-corrected chi connectivity index (χ2v) is 6.96. The van der Waals surface area contributed by atoms with E-state index in [0.717, 1.165) is 12.8 Å². The Bertz CT molecular complexity index is 802. The summed E-state index contributed by atoms with van der Waals surface area (Å²) in [6.45, 7) is 4.54. The van der Waals surface area contributed by atoms with Gasteiger partial charge in [0.15, 0.2) is 0 Å². The summed E-state index contributed by atoms with van der Waals surface area (Å²) < 4.78 is 0. The van der Waals surface area contributed by atoms with Gasteiger partial charge >= 0.3 is 0 Å². The molecule has 0 aliphatic heterocycles. The van der Waals surface area contributed by atoms with E-state index in [1.165, 1.54) is 40.3 Å². The molecule has 0 spiro atoms. The van der Waals surface area contributed by atoms with Crippen molar-refractivity contribution >= 4 is 10.8 Å². The maximum Gasteiger partial charge on any atom is 0.115 e. The Hall–Kier alpha value is -2.28. The molecule has 0 fully saturated rings. The second kappa shape index (κ2) is 7.53. The highest BCUT2D eigenvalue weighted by Crippen LogP contribution is 2.25. The van der Waals surface area contributed by atoms with Gasteiger partial charge in [0, 0.05) is 0 Å². The molecule has 0 saturated heterocycles. The van der Waals surface area contributed by atoms with Gasteiger partial charge in [0.2, 0.25) is 0 Å². The van der Waals surface area contributed by atoms with Crippen LogP contribution in [0.3, 0.4) is 0 Å². The molecule has 1 heteroatoms. The summed E-state index contributed by atoms with van der Waals surface area (Å²) in [5, 5.41) is 12.1. The van der Waals surface area contributed by atoms with E-state index in [-0.39, 0.29) is 0 Å². The third-order valence-corrected chi connectivity index (χ3v) is 4.90. The van der Waals surface area contributed by atoms with Gasteiger partial charge in [-0.05, 0) is 71.7 Å². The van der Waals surface area contributed by atoms with Crippen molar-refractivity contribution in [2.75, 3.05) is 0 Å². The van der Waals surface area contributed by atoms with Crippen LogP contribution in [0.2, 0.25) is 0 Å². The number of aromatic hydroxyl groups is 1. The zero-order valence-corrected chi connectivity index (χ0v) is 14.6. The topological polar surface area (TPSA) is 20.2 Å². The molecule has 0 saturated carbocycles. The van der Waals surface area contributed by atoms with E-state index in [0.29, 0.717) is 11.7 Å². The number of fused-ring (bicyclic) bond motifs is 1. The minimum Gasteiger partial charge on any atom is -0.508 e. The normalized spacial score (nSPS) is 12.4. The highest BCUT2D eigenvalue weighted by molar-refractivity contribution is 5.88. The Morgan fingerprint density at radius 3 is 2.38 bits per heavy atom. The zero-order chi connectivity index (χ0) is 16.9. The predicted octanol–water partition coefficient (Wildman–Crippen LogP) is 6.06. The lowest BCUT2D eigenvalue weighted by molar-refractivity contribution is 0.474. The first-order valence-corrected chi connectivity index (χ1v) is 8.88. The van der Waals surface area contributed by atoms with Crippen LogP contribution in [0.4, 0.5) is 0 Å². The van der Waals surface area contributed by atoms with Gasteiger partial charge in [0.05, 0.1) is 0 Å². The molecule has 0 radical (unpaired) electrons. The van der Waals surface area contributed by atoms with Crippen molar-refractivity contribution in [3.05, 3.63) is 77.4 Å². The van der Waals surface area contributed by atoms with Gasteiger partial charge in [-0.2, -0.15) is 0 Å². The number of benzene rings is 3. The molecule has 1 unspecified atom stereocenters.